The lowest BCUT2D eigenvalue weighted by atomic mass is 9.79. The molecule has 1 saturated heterocycles. The smallest absolute Gasteiger partial charge is 0.229 e. The number of piperidine rings is 1. The van der Waals surface area contributed by atoms with E-state index >= 15 is 0 Å². The minimum Gasteiger partial charge on any atom is -0.388 e. The number of hydrogen-bond acceptors (Lipinski definition) is 3. The molecule has 14 heavy (non-hydrogen) atoms. The number of imide groups is 1. The molecule has 0 atom stereocenters. The molecule has 2 aliphatic rings. The molecule has 4 heteroatoms. The maximum atomic E-state index is 11.4. The highest BCUT2D eigenvalue weighted by atomic mass is 16.3. The van der Waals surface area contributed by atoms with E-state index in [0.717, 1.165) is 6.42 Å². The summed E-state index contributed by atoms with van der Waals surface area (Å²) in [6.07, 6.45) is 3.97. The zero-order valence-electron chi connectivity index (χ0n) is 8.16. The highest BCUT2D eigenvalue weighted by molar-refractivity contribution is 5.97. The predicted octanol–water partition coefficient (Wildman–Crippen LogP) is 0.440. The summed E-state index contributed by atoms with van der Waals surface area (Å²) in [6.45, 7) is 0.213. The number of carbonyl (C=O) groups is 2. The van der Waals surface area contributed by atoms with E-state index in [2.05, 4.69) is 0 Å². The molecule has 2 rings (SSSR count). The molecule has 0 aromatic carbocycles. The van der Waals surface area contributed by atoms with Crippen molar-refractivity contribution in [3.8, 4) is 0 Å². The fraction of sp³-hybridized carbons (Fsp3) is 0.800. The largest absolute Gasteiger partial charge is 0.388 e. The molecule has 0 aromatic rings. The molecule has 0 unspecified atom stereocenters. The van der Waals surface area contributed by atoms with Gasteiger partial charge in [-0.2, -0.15) is 0 Å². The van der Waals surface area contributed by atoms with E-state index in [9.17, 15) is 14.7 Å². The van der Waals surface area contributed by atoms with Crippen molar-refractivity contribution < 1.29 is 14.7 Å². The first-order chi connectivity index (χ1) is 6.61. The van der Waals surface area contributed by atoms with E-state index in [1.807, 2.05) is 0 Å². The average Bonchev–Trinajstić information content (AvgIpc) is 2.09. The van der Waals surface area contributed by atoms with Crippen LogP contribution in [0.5, 0.6) is 0 Å². The number of carbonyl (C=O) groups excluding carboxylic acids is 2. The van der Waals surface area contributed by atoms with E-state index in [1.54, 1.807) is 0 Å². The zero-order valence-corrected chi connectivity index (χ0v) is 8.16. The van der Waals surface area contributed by atoms with Crippen LogP contribution in [0.25, 0.3) is 0 Å². The van der Waals surface area contributed by atoms with Gasteiger partial charge in [0.2, 0.25) is 11.8 Å². The van der Waals surface area contributed by atoms with Gasteiger partial charge in [0.15, 0.2) is 0 Å². The summed E-state index contributed by atoms with van der Waals surface area (Å²) in [5, 5.41) is 9.85. The second-order valence-corrected chi connectivity index (χ2v) is 4.31. The molecule has 0 radical (unpaired) electrons. The monoisotopic (exact) mass is 197 g/mol. The number of aliphatic hydroxyl groups is 1. The van der Waals surface area contributed by atoms with Crippen LogP contribution in [0.3, 0.4) is 0 Å². The standard InChI is InChI=1S/C10H15NO3/c12-8-3-1-4-9(13)11(8)7-10(14)5-2-6-10/h14H,1-7H2. The second kappa shape index (κ2) is 3.35. The molecule has 1 heterocycles. The Bertz CT molecular complexity index is 255. The molecule has 0 aromatic heterocycles. The van der Waals surface area contributed by atoms with Crippen molar-refractivity contribution in [2.75, 3.05) is 6.54 Å². The van der Waals surface area contributed by atoms with Crippen LogP contribution >= 0.6 is 0 Å². The third-order valence-electron chi connectivity index (χ3n) is 3.12. The van der Waals surface area contributed by atoms with Crippen LogP contribution in [0.15, 0.2) is 0 Å². The van der Waals surface area contributed by atoms with Gasteiger partial charge in [-0.1, -0.05) is 0 Å². The SMILES string of the molecule is O=C1CCCC(=O)N1CC1(O)CCC1. The molecule has 0 spiro atoms. The Morgan fingerprint density at radius 2 is 1.71 bits per heavy atom. The average molecular weight is 197 g/mol. The first-order valence-corrected chi connectivity index (χ1v) is 5.16. The van der Waals surface area contributed by atoms with Gasteiger partial charge in [0.1, 0.15) is 0 Å². The summed E-state index contributed by atoms with van der Waals surface area (Å²) in [4.78, 5) is 24.1. The summed E-state index contributed by atoms with van der Waals surface area (Å²) in [5.74, 6) is -0.247. The van der Waals surface area contributed by atoms with Gasteiger partial charge in [0.25, 0.3) is 0 Å². The van der Waals surface area contributed by atoms with E-state index in [4.69, 9.17) is 0 Å². The van der Waals surface area contributed by atoms with E-state index in [1.165, 1.54) is 4.90 Å². The van der Waals surface area contributed by atoms with Gasteiger partial charge in [-0.3, -0.25) is 14.5 Å². The minimum absolute atomic E-state index is 0.124. The summed E-state index contributed by atoms with van der Waals surface area (Å²) in [6, 6.07) is 0. The number of nitrogens with zero attached hydrogens (tertiary/aromatic N) is 1. The Labute approximate surface area is 82.9 Å². The van der Waals surface area contributed by atoms with E-state index in [-0.39, 0.29) is 18.4 Å². The van der Waals surface area contributed by atoms with Crippen molar-refractivity contribution >= 4 is 11.8 Å². The molecule has 1 N–H and O–H groups in total. The van der Waals surface area contributed by atoms with Crippen LogP contribution in [0.2, 0.25) is 0 Å². The first-order valence-electron chi connectivity index (χ1n) is 5.16. The number of rotatable bonds is 2. The number of likely N-dealkylation sites (tertiary alicyclic amines) is 1. The van der Waals surface area contributed by atoms with Crippen LogP contribution in [0.1, 0.15) is 38.5 Å². The Balaban J connectivity index is 2.00. The third-order valence-corrected chi connectivity index (χ3v) is 3.12. The zero-order chi connectivity index (χ0) is 10.2. The first kappa shape index (κ1) is 9.65. The lowest BCUT2D eigenvalue weighted by molar-refractivity contribution is -0.155. The molecular formula is C10H15NO3. The number of β-amino-alcohol motifs (C(OH)–C–C–N with tert-alkyl or cyclic N) is 1. The van der Waals surface area contributed by atoms with Crippen LogP contribution < -0.4 is 0 Å². The van der Waals surface area contributed by atoms with Gasteiger partial charge in [0, 0.05) is 12.8 Å². The molecule has 2 amide bonds. The van der Waals surface area contributed by atoms with E-state index in [0.29, 0.717) is 32.1 Å². The predicted molar refractivity (Wildman–Crippen MR) is 49.4 cm³/mol. The Morgan fingerprint density at radius 3 is 2.14 bits per heavy atom. The molecule has 4 nitrogen and oxygen atoms in total. The summed E-state index contributed by atoms with van der Waals surface area (Å²) < 4.78 is 0. The third kappa shape index (κ3) is 1.66. The Hall–Kier alpha value is -0.900. The van der Waals surface area contributed by atoms with Crippen molar-refractivity contribution in [3.05, 3.63) is 0 Å². The summed E-state index contributed by atoms with van der Waals surface area (Å²) in [7, 11) is 0. The topological polar surface area (TPSA) is 57.6 Å². The quantitative estimate of drug-likeness (QED) is 0.653. The van der Waals surface area contributed by atoms with Crippen molar-refractivity contribution in [1.82, 2.24) is 4.90 Å². The van der Waals surface area contributed by atoms with Crippen LogP contribution in [0, 0.1) is 0 Å². The van der Waals surface area contributed by atoms with Crippen molar-refractivity contribution in [2.45, 2.75) is 44.1 Å². The normalized spacial score (nSPS) is 26.2. The van der Waals surface area contributed by atoms with Crippen molar-refractivity contribution in [2.24, 2.45) is 0 Å². The molecule has 1 saturated carbocycles. The molecule has 1 aliphatic carbocycles. The van der Waals surface area contributed by atoms with E-state index < -0.39 is 5.60 Å². The van der Waals surface area contributed by atoms with Gasteiger partial charge in [0.05, 0.1) is 12.1 Å². The second-order valence-electron chi connectivity index (χ2n) is 4.31. The molecule has 1 aliphatic heterocycles. The van der Waals surface area contributed by atoms with Gasteiger partial charge >= 0.3 is 0 Å². The Kier molecular flexibility index (Phi) is 2.31. The minimum atomic E-state index is -0.775. The molecule has 0 bridgehead atoms. The summed E-state index contributed by atoms with van der Waals surface area (Å²) in [5.41, 5.74) is -0.775. The van der Waals surface area contributed by atoms with Crippen LogP contribution in [-0.2, 0) is 9.59 Å². The van der Waals surface area contributed by atoms with Crippen LogP contribution in [-0.4, -0.2) is 34.0 Å². The fourth-order valence-corrected chi connectivity index (χ4v) is 2.01. The number of hydrogen-bond donors (Lipinski definition) is 1. The maximum Gasteiger partial charge on any atom is 0.229 e. The Morgan fingerprint density at radius 1 is 1.14 bits per heavy atom. The van der Waals surface area contributed by atoms with Gasteiger partial charge in [-0.15, -0.1) is 0 Å². The fourth-order valence-electron chi connectivity index (χ4n) is 2.01. The van der Waals surface area contributed by atoms with Gasteiger partial charge in [-0.25, -0.2) is 0 Å². The van der Waals surface area contributed by atoms with Gasteiger partial charge in [-0.05, 0) is 25.7 Å². The maximum absolute atomic E-state index is 11.4. The van der Waals surface area contributed by atoms with Crippen molar-refractivity contribution in [1.29, 1.82) is 0 Å². The molecule has 78 valence electrons. The van der Waals surface area contributed by atoms with Crippen LogP contribution in [0.4, 0.5) is 0 Å². The lowest BCUT2D eigenvalue weighted by Crippen LogP contribution is -2.53. The van der Waals surface area contributed by atoms with Crippen molar-refractivity contribution in [3.63, 3.8) is 0 Å². The number of amides is 2. The molecule has 2 fully saturated rings. The lowest BCUT2D eigenvalue weighted by Gasteiger charge is -2.40. The van der Waals surface area contributed by atoms with Gasteiger partial charge < -0.3 is 5.11 Å². The highest BCUT2D eigenvalue weighted by Crippen LogP contribution is 2.33. The summed E-state index contributed by atoms with van der Waals surface area (Å²) >= 11 is 0. The molecular weight excluding hydrogens is 182 g/mol. The highest BCUT2D eigenvalue weighted by Gasteiger charge is 2.39.